The molecule has 0 unspecified atom stereocenters. The van der Waals surface area contributed by atoms with E-state index in [1.807, 2.05) is 4.90 Å². The average molecular weight is 828 g/mol. The molecule has 2 bridgehead atoms. The minimum atomic E-state index is -1.15. The van der Waals surface area contributed by atoms with Crippen molar-refractivity contribution in [3.8, 4) is 28.5 Å². The molecule has 0 spiro atoms. The zero-order valence-electron chi connectivity index (χ0n) is 33.4. The minimum Gasteiger partial charge on any atom is -0.349 e. The highest BCUT2D eigenvalue weighted by molar-refractivity contribution is 6.34. The number of halogens is 3. The van der Waals surface area contributed by atoms with Gasteiger partial charge in [-0.2, -0.15) is 10.4 Å². The number of aromatic nitrogens is 4. The third-order valence-corrected chi connectivity index (χ3v) is 12.9. The maximum Gasteiger partial charge on any atom is 0.291 e. The van der Waals surface area contributed by atoms with E-state index >= 15 is 8.78 Å². The van der Waals surface area contributed by atoms with Gasteiger partial charge < -0.3 is 29.5 Å². The first-order valence-corrected chi connectivity index (χ1v) is 20.2. The highest BCUT2D eigenvalue weighted by atomic mass is 35.5. The Morgan fingerprint density at radius 3 is 2.27 bits per heavy atom. The van der Waals surface area contributed by atoms with Crippen LogP contribution in [0.2, 0.25) is 5.02 Å². The Morgan fingerprint density at radius 1 is 0.966 bits per heavy atom. The molecule has 0 radical (unpaired) electrons. The van der Waals surface area contributed by atoms with Gasteiger partial charge in [-0.1, -0.05) is 17.7 Å². The molecule has 2 aliphatic heterocycles. The number of hydrogen-bond donors (Lipinski definition) is 2. The molecule has 5 aliphatic rings. The van der Waals surface area contributed by atoms with Gasteiger partial charge in [0.05, 0.1) is 66.8 Å². The number of imidazole rings is 1. The summed E-state index contributed by atoms with van der Waals surface area (Å²) in [4.78, 5) is 60.4. The van der Waals surface area contributed by atoms with Crippen LogP contribution >= 0.6 is 11.6 Å². The van der Waals surface area contributed by atoms with Gasteiger partial charge in [0.1, 0.15) is 6.54 Å². The van der Waals surface area contributed by atoms with Gasteiger partial charge in [-0.05, 0) is 50.5 Å². The number of amides is 4. The van der Waals surface area contributed by atoms with Crippen LogP contribution in [-0.2, 0) is 23.2 Å². The molecular weight excluding hydrogens is 782 g/mol. The molecule has 0 atom stereocenters. The van der Waals surface area contributed by atoms with E-state index < -0.39 is 17.5 Å². The molecule has 5 fully saturated rings. The fourth-order valence-corrected chi connectivity index (χ4v) is 9.50. The highest BCUT2D eigenvalue weighted by Gasteiger charge is 2.69. The number of anilines is 1. The zero-order chi connectivity index (χ0) is 42.0. The molecule has 14 nitrogen and oxygen atoms in total. The fraction of sp³-hybridized carbons (Fsp3) is 0.452. The first-order valence-electron chi connectivity index (χ1n) is 19.8. The predicted octanol–water partition coefficient (Wildman–Crippen LogP) is 4.78. The number of aryl methyl sites for hydroxylation is 1. The lowest BCUT2D eigenvalue weighted by Gasteiger charge is -2.66. The second kappa shape index (κ2) is 14.9. The standard InChI is InChI=1S/C42H45ClF2N10O4/c1-25-31(19-54(50-25)20-34(56)49-42-21-41(22-42,23-42)24-46)28-7-8-30(36(45)35(28)44)33-18-47-37(51(33)2)38(57)48-27-5-6-29(32(43)17-27)40(59)53-13-11-52(12-14-53)39(58)26-9-15-55(3,4)16-10-26/h5-8,17-19,26H,9-16,20-23H2,1-4H3,(H-,48,49,56,57,59)/p+1. The number of quaternary nitrogens is 1. The summed E-state index contributed by atoms with van der Waals surface area (Å²) in [5, 5.41) is 19.4. The fourth-order valence-electron chi connectivity index (χ4n) is 9.24. The Kier molecular flexibility index (Phi) is 10.1. The number of likely N-dealkylation sites (tertiary alicyclic amines) is 1. The van der Waals surface area contributed by atoms with Crippen LogP contribution in [0.5, 0.6) is 0 Å². The van der Waals surface area contributed by atoms with Gasteiger partial charge in [-0.3, -0.25) is 23.9 Å². The maximum atomic E-state index is 15.8. The van der Waals surface area contributed by atoms with Gasteiger partial charge in [0, 0.05) is 86.1 Å². The summed E-state index contributed by atoms with van der Waals surface area (Å²) >= 11 is 6.56. The second-order valence-corrected chi connectivity index (χ2v) is 17.7. The summed E-state index contributed by atoms with van der Waals surface area (Å²) in [5.41, 5.74) is 0.639. The van der Waals surface area contributed by atoms with Crippen LogP contribution in [-0.4, -0.2) is 116 Å². The van der Waals surface area contributed by atoms with Gasteiger partial charge in [0.25, 0.3) is 11.8 Å². The third kappa shape index (κ3) is 7.46. The van der Waals surface area contributed by atoms with Crippen molar-refractivity contribution in [3.63, 3.8) is 0 Å². The van der Waals surface area contributed by atoms with Gasteiger partial charge in [-0.25, -0.2) is 13.8 Å². The lowest BCUT2D eigenvalue weighted by atomic mass is 9.40. The molecule has 4 aromatic rings. The van der Waals surface area contributed by atoms with E-state index in [0.717, 1.165) is 30.4 Å². The van der Waals surface area contributed by atoms with Crippen molar-refractivity contribution in [2.75, 3.05) is 58.7 Å². The summed E-state index contributed by atoms with van der Waals surface area (Å²) in [6.07, 6.45) is 6.42. The summed E-state index contributed by atoms with van der Waals surface area (Å²) in [7, 11) is 5.87. The highest BCUT2D eigenvalue weighted by Crippen LogP contribution is 2.66. The molecule has 17 heteroatoms. The molecule has 3 aliphatic carbocycles. The molecule has 2 saturated heterocycles. The van der Waals surface area contributed by atoms with Crippen LogP contribution in [0.25, 0.3) is 22.4 Å². The van der Waals surface area contributed by atoms with Crippen LogP contribution in [0.3, 0.4) is 0 Å². The molecule has 2 N–H and O–H groups in total. The first-order chi connectivity index (χ1) is 28.0. The zero-order valence-corrected chi connectivity index (χ0v) is 34.2. The number of hydrogen-bond acceptors (Lipinski definition) is 7. The van der Waals surface area contributed by atoms with Gasteiger partial charge in [-0.15, -0.1) is 0 Å². The Bertz CT molecular complexity index is 2420. The van der Waals surface area contributed by atoms with Crippen LogP contribution in [0.1, 0.15) is 58.8 Å². The largest absolute Gasteiger partial charge is 0.349 e. The number of nitriles is 1. The average Bonchev–Trinajstić information content (AvgIpc) is 3.74. The number of rotatable bonds is 9. The second-order valence-electron chi connectivity index (χ2n) is 17.3. The summed E-state index contributed by atoms with van der Waals surface area (Å²) in [5.74, 6) is -3.35. The molecule has 59 heavy (non-hydrogen) atoms. The molecule has 2 aromatic carbocycles. The number of piperidine rings is 1. The Morgan fingerprint density at radius 2 is 1.61 bits per heavy atom. The first kappa shape index (κ1) is 40.1. The number of benzene rings is 2. The SMILES string of the molecule is Cc1nn(CC(=O)NC23CC(C#N)(C2)C3)cc1-c1ccc(-c2cnc(C(=O)Nc3ccc(C(=O)N4CCN(C(=O)C5CC[N+](C)(C)CC5)CC4)c(Cl)c3)n2C)c(F)c1F. The quantitative estimate of drug-likeness (QED) is 0.230. The van der Waals surface area contributed by atoms with Crippen molar-refractivity contribution in [1.82, 2.24) is 34.4 Å². The molecule has 308 valence electrons. The molecule has 2 aromatic heterocycles. The van der Waals surface area contributed by atoms with Crippen molar-refractivity contribution >= 4 is 40.9 Å². The monoisotopic (exact) mass is 827 g/mol. The summed E-state index contributed by atoms with van der Waals surface area (Å²) < 4.78 is 35.1. The number of carbonyl (C=O) groups is 4. The summed E-state index contributed by atoms with van der Waals surface area (Å²) in [6.45, 7) is 5.16. The van der Waals surface area contributed by atoms with E-state index in [4.69, 9.17) is 11.6 Å². The van der Waals surface area contributed by atoms with Gasteiger partial charge >= 0.3 is 0 Å². The van der Waals surface area contributed by atoms with E-state index in [1.165, 1.54) is 53.0 Å². The molecule has 3 saturated carbocycles. The van der Waals surface area contributed by atoms with Crippen LogP contribution in [0.4, 0.5) is 14.5 Å². The number of nitrogens with zero attached hydrogens (tertiary/aromatic N) is 8. The maximum absolute atomic E-state index is 15.8. The number of nitrogens with one attached hydrogen (secondary N) is 2. The van der Waals surface area contributed by atoms with Crippen molar-refractivity contribution in [3.05, 3.63) is 76.5 Å². The lowest BCUT2D eigenvalue weighted by molar-refractivity contribution is -0.895. The topological polar surface area (TPSA) is 158 Å². The number of piperazine rings is 1. The van der Waals surface area contributed by atoms with Crippen molar-refractivity contribution in [1.29, 1.82) is 5.26 Å². The van der Waals surface area contributed by atoms with Crippen molar-refractivity contribution in [2.24, 2.45) is 18.4 Å². The van der Waals surface area contributed by atoms with Gasteiger partial charge in [0.2, 0.25) is 11.8 Å². The minimum absolute atomic E-state index is 0.0262. The smallest absolute Gasteiger partial charge is 0.291 e. The summed E-state index contributed by atoms with van der Waals surface area (Å²) in [6, 6.07) is 9.67. The Balaban J connectivity index is 0.881. The molecular formula is C42H46ClF2N10O4+. The molecule has 4 amide bonds. The van der Waals surface area contributed by atoms with Crippen LogP contribution in [0, 0.1) is 41.2 Å². The third-order valence-electron chi connectivity index (χ3n) is 12.6. The van der Waals surface area contributed by atoms with E-state index in [-0.39, 0.29) is 74.4 Å². The van der Waals surface area contributed by atoms with Crippen molar-refractivity contribution < 1.29 is 32.4 Å². The Hall–Kier alpha value is -5.66. The lowest BCUT2D eigenvalue weighted by Crippen LogP contribution is -2.74. The predicted molar refractivity (Wildman–Crippen MR) is 214 cm³/mol. The normalized spacial score (nSPS) is 22.2. The van der Waals surface area contributed by atoms with Gasteiger partial charge in [0.15, 0.2) is 17.5 Å². The van der Waals surface area contributed by atoms with E-state index in [9.17, 15) is 24.4 Å². The molecule has 4 heterocycles. The molecule has 9 rings (SSSR count). The van der Waals surface area contributed by atoms with Crippen LogP contribution in [0.15, 0.2) is 42.7 Å². The van der Waals surface area contributed by atoms with Crippen LogP contribution < -0.4 is 10.6 Å². The van der Waals surface area contributed by atoms with Crippen molar-refractivity contribution in [2.45, 2.75) is 51.1 Å². The van der Waals surface area contributed by atoms with E-state index in [2.05, 4.69) is 40.9 Å². The van der Waals surface area contributed by atoms with E-state index in [1.54, 1.807) is 17.9 Å². The number of carbonyl (C=O) groups excluding carboxylic acids is 4. The van der Waals surface area contributed by atoms with E-state index in [0.29, 0.717) is 62.4 Å². The Labute approximate surface area is 345 Å².